The van der Waals surface area contributed by atoms with Crippen molar-refractivity contribution in [1.82, 2.24) is 15.1 Å². The van der Waals surface area contributed by atoms with Crippen LogP contribution in [0.5, 0.6) is 0 Å². The summed E-state index contributed by atoms with van der Waals surface area (Å²) in [5.41, 5.74) is 1.35. The van der Waals surface area contributed by atoms with E-state index in [0.29, 0.717) is 6.54 Å². The first-order valence-corrected chi connectivity index (χ1v) is 7.55. The van der Waals surface area contributed by atoms with E-state index in [-0.39, 0.29) is 11.5 Å². The normalized spacial score (nSPS) is 16.2. The molecule has 1 aromatic rings. The third-order valence-electron chi connectivity index (χ3n) is 3.76. The molecular formula is C17H22N4O. The molecule has 5 nitrogen and oxygen atoms in total. The number of benzene rings is 1. The van der Waals surface area contributed by atoms with E-state index in [0.717, 1.165) is 32.6 Å². The number of nitrogens with zero attached hydrogens (tertiary/aromatic N) is 3. The zero-order valence-electron chi connectivity index (χ0n) is 13.0. The largest absolute Gasteiger partial charge is 0.374 e. The maximum Gasteiger partial charge on any atom is 0.263 e. The van der Waals surface area contributed by atoms with Crippen LogP contribution in [0.1, 0.15) is 5.56 Å². The Bertz CT molecular complexity index is 554. The molecule has 1 fully saturated rings. The first-order valence-electron chi connectivity index (χ1n) is 7.55. The lowest BCUT2D eigenvalue weighted by molar-refractivity contribution is -0.117. The summed E-state index contributed by atoms with van der Waals surface area (Å²) in [5, 5.41) is 12.0. The molecule has 0 aromatic heterocycles. The fourth-order valence-corrected chi connectivity index (χ4v) is 2.33. The molecule has 2 rings (SSSR count). The van der Waals surface area contributed by atoms with Gasteiger partial charge in [-0.2, -0.15) is 5.26 Å². The number of amides is 1. The van der Waals surface area contributed by atoms with Crippen molar-refractivity contribution in [2.75, 3.05) is 39.8 Å². The van der Waals surface area contributed by atoms with Crippen molar-refractivity contribution in [3.63, 3.8) is 0 Å². The van der Waals surface area contributed by atoms with Crippen LogP contribution in [0.4, 0.5) is 0 Å². The van der Waals surface area contributed by atoms with Crippen molar-refractivity contribution < 1.29 is 4.79 Å². The summed E-state index contributed by atoms with van der Waals surface area (Å²) in [6, 6.07) is 12.0. The Balaban J connectivity index is 1.82. The van der Waals surface area contributed by atoms with Gasteiger partial charge in [-0.1, -0.05) is 30.3 Å². The predicted molar refractivity (Wildman–Crippen MR) is 85.9 cm³/mol. The van der Waals surface area contributed by atoms with Crippen LogP contribution in [0.25, 0.3) is 0 Å². The second kappa shape index (κ2) is 8.20. The van der Waals surface area contributed by atoms with Gasteiger partial charge in [0.15, 0.2) is 0 Å². The second-order valence-electron chi connectivity index (χ2n) is 5.49. The topological polar surface area (TPSA) is 59.4 Å². The predicted octanol–water partition coefficient (Wildman–Crippen LogP) is 1.00. The molecule has 1 amide bonds. The Kier molecular flexibility index (Phi) is 5.99. The second-order valence-corrected chi connectivity index (χ2v) is 5.49. The summed E-state index contributed by atoms with van der Waals surface area (Å²) in [5.74, 6) is -0.294. The summed E-state index contributed by atoms with van der Waals surface area (Å²) in [6.45, 7) is 4.12. The van der Waals surface area contributed by atoms with E-state index in [9.17, 15) is 10.1 Å². The Hall–Kier alpha value is -2.32. The number of hydrogen-bond donors (Lipinski definition) is 1. The zero-order chi connectivity index (χ0) is 15.8. The Morgan fingerprint density at radius 1 is 1.27 bits per heavy atom. The van der Waals surface area contributed by atoms with E-state index in [1.165, 1.54) is 5.56 Å². The molecule has 0 unspecified atom stereocenters. The SMILES string of the molecule is CN1CCN(/C=C(\C#N)C(=O)NCCc2ccccc2)CC1. The maximum atomic E-state index is 12.1. The van der Waals surface area contributed by atoms with Gasteiger partial charge < -0.3 is 15.1 Å². The van der Waals surface area contributed by atoms with Gasteiger partial charge in [0.2, 0.25) is 0 Å². The fraction of sp³-hybridized carbons (Fsp3) is 0.412. The van der Waals surface area contributed by atoms with E-state index in [1.54, 1.807) is 6.20 Å². The van der Waals surface area contributed by atoms with Crippen LogP contribution in [-0.2, 0) is 11.2 Å². The molecule has 0 radical (unpaired) electrons. The summed E-state index contributed by atoms with van der Waals surface area (Å²) >= 11 is 0. The summed E-state index contributed by atoms with van der Waals surface area (Å²) in [4.78, 5) is 16.3. The number of nitrogens with one attached hydrogen (secondary N) is 1. The van der Waals surface area contributed by atoms with Crippen LogP contribution in [0, 0.1) is 11.3 Å². The van der Waals surface area contributed by atoms with E-state index < -0.39 is 0 Å². The molecule has 116 valence electrons. The van der Waals surface area contributed by atoms with Crippen molar-refractivity contribution >= 4 is 5.91 Å². The number of piperazine rings is 1. The highest BCUT2D eigenvalue weighted by atomic mass is 16.1. The standard InChI is InChI=1S/C17H22N4O/c1-20-9-11-21(12-10-20)14-16(13-18)17(22)19-8-7-15-5-3-2-4-6-15/h2-6,14H,7-12H2,1H3,(H,19,22)/b16-14+. The number of likely N-dealkylation sites (N-methyl/N-ethyl adjacent to an activating group) is 1. The van der Waals surface area contributed by atoms with E-state index >= 15 is 0 Å². The number of carbonyl (C=O) groups is 1. The minimum atomic E-state index is -0.294. The molecule has 1 aliphatic heterocycles. The van der Waals surface area contributed by atoms with Crippen LogP contribution < -0.4 is 5.32 Å². The third-order valence-corrected chi connectivity index (χ3v) is 3.76. The maximum absolute atomic E-state index is 12.1. The van der Waals surface area contributed by atoms with Gasteiger partial charge in [-0.25, -0.2) is 0 Å². The number of carbonyl (C=O) groups excluding carboxylic acids is 1. The molecule has 1 aromatic carbocycles. The highest BCUT2D eigenvalue weighted by Gasteiger charge is 2.14. The van der Waals surface area contributed by atoms with Crippen molar-refractivity contribution in [3.05, 3.63) is 47.7 Å². The summed E-state index contributed by atoms with van der Waals surface area (Å²) in [6.07, 6.45) is 2.45. The Morgan fingerprint density at radius 2 is 1.95 bits per heavy atom. The summed E-state index contributed by atoms with van der Waals surface area (Å²) < 4.78 is 0. The van der Waals surface area contributed by atoms with Gasteiger partial charge in [-0.3, -0.25) is 4.79 Å². The summed E-state index contributed by atoms with van der Waals surface area (Å²) in [7, 11) is 2.07. The van der Waals surface area contributed by atoms with Crippen molar-refractivity contribution in [2.24, 2.45) is 0 Å². The minimum absolute atomic E-state index is 0.178. The van der Waals surface area contributed by atoms with Gasteiger partial charge >= 0.3 is 0 Å². The molecule has 1 aliphatic rings. The molecule has 1 saturated heterocycles. The van der Waals surface area contributed by atoms with E-state index in [4.69, 9.17) is 0 Å². The lowest BCUT2D eigenvalue weighted by atomic mass is 10.1. The first-order chi connectivity index (χ1) is 10.7. The number of nitriles is 1. The zero-order valence-corrected chi connectivity index (χ0v) is 13.0. The number of rotatable bonds is 5. The van der Waals surface area contributed by atoms with Crippen LogP contribution in [0.15, 0.2) is 42.1 Å². The van der Waals surface area contributed by atoms with Crippen LogP contribution >= 0.6 is 0 Å². The number of hydrogen-bond acceptors (Lipinski definition) is 4. The van der Waals surface area contributed by atoms with Crippen molar-refractivity contribution in [1.29, 1.82) is 5.26 Å². The molecule has 5 heteroatoms. The molecule has 0 atom stereocenters. The highest BCUT2D eigenvalue weighted by Crippen LogP contribution is 2.04. The van der Waals surface area contributed by atoms with E-state index in [2.05, 4.69) is 17.3 Å². The minimum Gasteiger partial charge on any atom is -0.374 e. The molecule has 1 N–H and O–H groups in total. The van der Waals surface area contributed by atoms with Gasteiger partial charge in [-0.05, 0) is 19.0 Å². The molecule has 1 heterocycles. The molecule has 0 saturated carbocycles. The monoisotopic (exact) mass is 298 g/mol. The molecule has 22 heavy (non-hydrogen) atoms. The first kappa shape index (κ1) is 16.1. The third kappa shape index (κ3) is 4.90. The molecule has 0 bridgehead atoms. The van der Waals surface area contributed by atoms with Crippen molar-refractivity contribution in [2.45, 2.75) is 6.42 Å². The molecule has 0 spiro atoms. The van der Waals surface area contributed by atoms with Gasteiger partial charge in [0.25, 0.3) is 5.91 Å². The Morgan fingerprint density at radius 3 is 2.59 bits per heavy atom. The van der Waals surface area contributed by atoms with Crippen LogP contribution in [0.3, 0.4) is 0 Å². The fourth-order valence-electron chi connectivity index (χ4n) is 2.33. The van der Waals surface area contributed by atoms with Crippen molar-refractivity contribution in [3.8, 4) is 6.07 Å². The lowest BCUT2D eigenvalue weighted by Crippen LogP contribution is -2.42. The lowest BCUT2D eigenvalue weighted by Gasteiger charge is -2.31. The highest BCUT2D eigenvalue weighted by molar-refractivity contribution is 5.97. The van der Waals surface area contributed by atoms with Gasteiger partial charge in [0, 0.05) is 38.9 Å². The van der Waals surface area contributed by atoms with Gasteiger partial charge in [-0.15, -0.1) is 0 Å². The average Bonchev–Trinajstić information content (AvgIpc) is 2.55. The molecule has 0 aliphatic carbocycles. The average molecular weight is 298 g/mol. The smallest absolute Gasteiger partial charge is 0.263 e. The van der Waals surface area contributed by atoms with Gasteiger partial charge in [0.05, 0.1) is 0 Å². The van der Waals surface area contributed by atoms with Crippen LogP contribution in [-0.4, -0.2) is 55.5 Å². The van der Waals surface area contributed by atoms with E-state index in [1.807, 2.05) is 41.3 Å². The van der Waals surface area contributed by atoms with Crippen LogP contribution in [0.2, 0.25) is 0 Å². The molecular weight excluding hydrogens is 276 g/mol. The van der Waals surface area contributed by atoms with Gasteiger partial charge in [0.1, 0.15) is 11.6 Å². The Labute approximate surface area is 131 Å². The quantitative estimate of drug-likeness (QED) is 0.651.